The van der Waals surface area contributed by atoms with Gasteiger partial charge in [-0.3, -0.25) is 4.79 Å². The van der Waals surface area contributed by atoms with Crippen LogP contribution in [0.1, 0.15) is 40.5 Å². The Balaban J connectivity index is 3.98. The highest BCUT2D eigenvalue weighted by Gasteiger charge is 2.39. The van der Waals surface area contributed by atoms with Crippen molar-refractivity contribution in [2.75, 3.05) is 20.3 Å². The van der Waals surface area contributed by atoms with E-state index in [1.807, 2.05) is 27.7 Å². The molecule has 96 valence electrons. The van der Waals surface area contributed by atoms with Crippen LogP contribution < -0.4 is 11.1 Å². The van der Waals surface area contributed by atoms with Crippen LogP contribution in [0.2, 0.25) is 0 Å². The molecule has 0 saturated carbocycles. The number of nitrogens with one attached hydrogen (secondary N) is 1. The van der Waals surface area contributed by atoms with Gasteiger partial charge in [0.25, 0.3) is 0 Å². The standard InChI is InChI=1S/C12H26N2O2/c1-11(2,12(3,4)13)10(15)14-8-6-7-9-16-5/h6-9,13H2,1-5H3,(H,14,15). The lowest BCUT2D eigenvalue weighted by molar-refractivity contribution is -0.132. The van der Waals surface area contributed by atoms with Gasteiger partial charge in [-0.2, -0.15) is 0 Å². The lowest BCUT2D eigenvalue weighted by Crippen LogP contribution is -2.55. The third-order valence-corrected chi connectivity index (χ3v) is 3.24. The van der Waals surface area contributed by atoms with Gasteiger partial charge in [0.1, 0.15) is 0 Å². The lowest BCUT2D eigenvalue weighted by atomic mass is 9.74. The van der Waals surface area contributed by atoms with Crippen molar-refractivity contribution in [2.45, 2.75) is 46.1 Å². The Hall–Kier alpha value is -0.610. The summed E-state index contributed by atoms with van der Waals surface area (Å²) in [5, 5.41) is 2.91. The van der Waals surface area contributed by atoms with Gasteiger partial charge in [0, 0.05) is 25.8 Å². The van der Waals surface area contributed by atoms with E-state index in [0.717, 1.165) is 19.4 Å². The zero-order valence-corrected chi connectivity index (χ0v) is 11.2. The first-order chi connectivity index (χ1) is 7.23. The summed E-state index contributed by atoms with van der Waals surface area (Å²) in [6.45, 7) is 8.91. The van der Waals surface area contributed by atoms with Crippen molar-refractivity contribution in [2.24, 2.45) is 11.1 Å². The van der Waals surface area contributed by atoms with Crippen LogP contribution in [0.3, 0.4) is 0 Å². The molecule has 3 N–H and O–H groups in total. The molecule has 0 unspecified atom stereocenters. The summed E-state index contributed by atoms with van der Waals surface area (Å²) in [6, 6.07) is 0. The number of hydrogen-bond donors (Lipinski definition) is 2. The maximum atomic E-state index is 11.9. The first-order valence-corrected chi connectivity index (χ1v) is 5.79. The number of hydrogen-bond acceptors (Lipinski definition) is 3. The second kappa shape index (κ2) is 6.21. The molecule has 0 aromatic heterocycles. The molecule has 4 nitrogen and oxygen atoms in total. The molecule has 16 heavy (non-hydrogen) atoms. The molecule has 0 fully saturated rings. The van der Waals surface area contributed by atoms with Crippen LogP contribution in [0.25, 0.3) is 0 Å². The average Bonchev–Trinajstić information content (AvgIpc) is 2.15. The number of ether oxygens (including phenoxy) is 1. The molecule has 0 aromatic rings. The third kappa shape index (κ3) is 4.49. The first-order valence-electron chi connectivity index (χ1n) is 5.79. The van der Waals surface area contributed by atoms with Gasteiger partial charge in [-0.25, -0.2) is 0 Å². The van der Waals surface area contributed by atoms with Crippen LogP contribution in [-0.4, -0.2) is 31.7 Å². The maximum absolute atomic E-state index is 11.9. The van der Waals surface area contributed by atoms with Crippen molar-refractivity contribution in [1.82, 2.24) is 5.32 Å². The molecule has 0 radical (unpaired) electrons. The minimum atomic E-state index is -0.561. The van der Waals surface area contributed by atoms with E-state index in [4.69, 9.17) is 10.5 Å². The normalized spacial score (nSPS) is 12.6. The summed E-state index contributed by atoms with van der Waals surface area (Å²) in [6.07, 6.45) is 1.89. The van der Waals surface area contributed by atoms with Crippen molar-refractivity contribution in [3.63, 3.8) is 0 Å². The van der Waals surface area contributed by atoms with Gasteiger partial charge >= 0.3 is 0 Å². The van der Waals surface area contributed by atoms with Gasteiger partial charge < -0.3 is 15.8 Å². The van der Waals surface area contributed by atoms with Crippen LogP contribution in [0.5, 0.6) is 0 Å². The van der Waals surface area contributed by atoms with Gasteiger partial charge in [-0.05, 0) is 40.5 Å². The summed E-state index contributed by atoms with van der Waals surface area (Å²) in [4.78, 5) is 11.9. The van der Waals surface area contributed by atoms with Crippen molar-refractivity contribution < 1.29 is 9.53 Å². The largest absolute Gasteiger partial charge is 0.385 e. The molecule has 0 aliphatic heterocycles. The smallest absolute Gasteiger partial charge is 0.227 e. The minimum Gasteiger partial charge on any atom is -0.385 e. The van der Waals surface area contributed by atoms with E-state index in [0.29, 0.717) is 6.54 Å². The Kier molecular flexibility index (Phi) is 5.97. The van der Waals surface area contributed by atoms with Crippen molar-refractivity contribution in [1.29, 1.82) is 0 Å². The number of amides is 1. The number of rotatable bonds is 7. The fourth-order valence-corrected chi connectivity index (χ4v) is 1.09. The zero-order valence-electron chi connectivity index (χ0n) is 11.2. The summed E-state index contributed by atoms with van der Waals surface area (Å²) < 4.78 is 4.94. The van der Waals surface area contributed by atoms with Gasteiger partial charge in [0.15, 0.2) is 0 Å². The number of unbranched alkanes of at least 4 members (excludes halogenated alkanes) is 1. The Morgan fingerprint density at radius 1 is 1.25 bits per heavy atom. The van der Waals surface area contributed by atoms with Crippen molar-refractivity contribution in [3.05, 3.63) is 0 Å². The van der Waals surface area contributed by atoms with Crippen LogP contribution in [0.4, 0.5) is 0 Å². The molecule has 4 heteroatoms. The van der Waals surface area contributed by atoms with E-state index in [1.165, 1.54) is 0 Å². The van der Waals surface area contributed by atoms with E-state index in [1.54, 1.807) is 7.11 Å². The average molecular weight is 230 g/mol. The van der Waals surface area contributed by atoms with Crippen LogP contribution in [-0.2, 0) is 9.53 Å². The molecule has 0 aromatic carbocycles. The van der Waals surface area contributed by atoms with E-state index >= 15 is 0 Å². The van der Waals surface area contributed by atoms with E-state index in [9.17, 15) is 4.79 Å². The number of methoxy groups -OCH3 is 1. The molecule has 0 aliphatic carbocycles. The molecule has 0 aliphatic rings. The predicted molar refractivity (Wildman–Crippen MR) is 66.2 cm³/mol. The lowest BCUT2D eigenvalue weighted by Gasteiger charge is -2.36. The van der Waals surface area contributed by atoms with Gasteiger partial charge in [-0.15, -0.1) is 0 Å². The van der Waals surface area contributed by atoms with Gasteiger partial charge in [0.05, 0.1) is 5.41 Å². The molecule has 0 atom stereocenters. The summed E-state index contributed by atoms with van der Waals surface area (Å²) in [7, 11) is 1.68. The fraction of sp³-hybridized carbons (Fsp3) is 0.917. The minimum absolute atomic E-state index is 0.0115. The molecule has 0 heterocycles. The van der Waals surface area contributed by atoms with E-state index in [-0.39, 0.29) is 5.91 Å². The molecule has 0 rings (SSSR count). The molecular formula is C12H26N2O2. The molecule has 0 spiro atoms. The number of nitrogens with two attached hydrogens (primary N) is 1. The monoisotopic (exact) mass is 230 g/mol. The SMILES string of the molecule is COCCCCNC(=O)C(C)(C)C(C)(C)N. The highest BCUT2D eigenvalue weighted by Crippen LogP contribution is 2.28. The predicted octanol–water partition coefficient (Wildman–Crippen LogP) is 1.29. The number of carbonyl (C=O) groups is 1. The van der Waals surface area contributed by atoms with Gasteiger partial charge in [-0.1, -0.05) is 0 Å². The summed E-state index contributed by atoms with van der Waals surface area (Å²) in [5.41, 5.74) is 4.90. The van der Waals surface area contributed by atoms with E-state index < -0.39 is 11.0 Å². The molecule has 0 bridgehead atoms. The van der Waals surface area contributed by atoms with Crippen LogP contribution in [0, 0.1) is 5.41 Å². The molecule has 1 amide bonds. The van der Waals surface area contributed by atoms with Crippen molar-refractivity contribution in [3.8, 4) is 0 Å². The Morgan fingerprint density at radius 2 is 1.81 bits per heavy atom. The zero-order chi connectivity index (χ0) is 12.8. The number of carbonyl (C=O) groups excluding carboxylic acids is 1. The summed E-state index contributed by atoms with van der Waals surface area (Å²) in [5.74, 6) is 0.0115. The molecule has 0 saturated heterocycles. The third-order valence-electron chi connectivity index (χ3n) is 3.24. The Labute approximate surface area is 98.9 Å². The van der Waals surface area contributed by atoms with Crippen LogP contribution in [0.15, 0.2) is 0 Å². The van der Waals surface area contributed by atoms with Crippen molar-refractivity contribution >= 4 is 5.91 Å². The van der Waals surface area contributed by atoms with Crippen LogP contribution >= 0.6 is 0 Å². The second-order valence-electron chi connectivity index (χ2n) is 5.30. The highest BCUT2D eigenvalue weighted by molar-refractivity contribution is 5.83. The Bertz CT molecular complexity index is 220. The molecular weight excluding hydrogens is 204 g/mol. The summed E-state index contributed by atoms with van der Waals surface area (Å²) >= 11 is 0. The topological polar surface area (TPSA) is 64.3 Å². The second-order valence-corrected chi connectivity index (χ2v) is 5.30. The maximum Gasteiger partial charge on any atom is 0.227 e. The quantitative estimate of drug-likeness (QED) is 0.648. The first kappa shape index (κ1) is 15.4. The fourth-order valence-electron chi connectivity index (χ4n) is 1.09. The highest BCUT2D eigenvalue weighted by atomic mass is 16.5. The Morgan fingerprint density at radius 3 is 2.25 bits per heavy atom. The van der Waals surface area contributed by atoms with Gasteiger partial charge in [0.2, 0.25) is 5.91 Å². The van der Waals surface area contributed by atoms with E-state index in [2.05, 4.69) is 5.32 Å².